The molecule has 160 valence electrons. The van der Waals surface area contributed by atoms with Gasteiger partial charge in [0.05, 0.1) is 34.3 Å². The number of hydrogen-bond donors (Lipinski definition) is 1. The van der Waals surface area contributed by atoms with Gasteiger partial charge in [-0.25, -0.2) is 15.0 Å². The second-order valence-electron chi connectivity index (χ2n) is 7.13. The number of benzene rings is 1. The minimum atomic E-state index is 0.0990. The summed E-state index contributed by atoms with van der Waals surface area (Å²) in [7, 11) is 0. The zero-order valence-corrected chi connectivity index (χ0v) is 17.5. The van der Waals surface area contributed by atoms with Crippen LogP contribution in [-0.4, -0.2) is 34.5 Å². The van der Waals surface area contributed by atoms with Crippen LogP contribution < -0.4 is 10.5 Å². The highest BCUT2D eigenvalue weighted by Crippen LogP contribution is 2.35. The molecule has 0 aliphatic heterocycles. The third-order valence-corrected chi connectivity index (χ3v) is 5.09. The highest BCUT2D eigenvalue weighted by atomic mass is 16.5. The van der Waals surface area contributed by atoms with Gasteiger partial charge in [0.2, 0.25) is 5.95 Å². The number of nitrogens with two attached hydrogens (primary N) is 1. The second kappa shape index (κ2) is 8.32. The topological polar surface area (TPSA) is 141 Å². The zero-order chi connectivity index (χ0) is 22.8. The Morgan fingerprint density at radius 1 is 1.06 bits per heavy atom. The standard InChI is InChI=1S/C23H17N9O/c1-14-5-4-9-27-18(14)12-33-23-30-21-19(17-8-10-26-13-28-17)20(29-22(25)32(21)31-23)16-7-3-2-6-15(16)11-24/h2-10,13H,12H2,1H3,(H2,25,29). The van der Waals surface area contributed by atoms with Crippen LogP contribution in [0.15, 0.2) is 61.2 Å². The van der Waals surface area contributed by atoms with Gasteiger partial charge in [-0.05, 0) is 30.7 Å². The van der Waals surface area contributed by atoms with Crippen molar-refractivity contribution in [2.75, 3.05) is 5.73 Å². The predicted molar refractivity (Wildman–Crippen MR) is 120 cm³/mol. The van der Waals surface area contributed by atoms with Gasteiger partial charge in [0.15, 0.2) is 5.65 Å². The smallest absolute Gasteiger partial charge is 0.336 e. The quantitative estimate of drug-likeness (QED) is 0.441. The predicted octanol–water partition coefficient (Wildman–Crippen LogP) is 2.98. The summed E-state index contributed by atoms with van der Waals surface area (Å²) in [5, 5.41) is 14.0. The number of aryl methyl sites for hydroxylation is 1. The van der Waals surface area contributed by atoms with E-state index in [1.807, 2.05) is 25.1 Å². The number of hydrogen-bond acceptors (Lipinski definition) is 9. The number of ether oxygens (including phenoxy) is 1. The number of aromatic nitrogens is 7. The molecule has 0 saturated heterocycles. The van der Waals surface area contributed by atoms with E-state index >= 15 is 0 Å². The molecule has 5 rings (SSSR count). The fraction of sp³-hybridized carbons (Fsp3) is 0.0870. The molecule has 4 heterocycles. The Hall–Kier alpha value is -4.91. The molecule has 0 aliphatic rings. The van der Waals surface area contributed by atoms with E-state index < -0.39 is 0 Å². The molecule has 0 amide bonds. The van der Waals surface area contributed by atoms with Crippen LogP contribution in [0.3, 0.4) is 0 Å². The number of nitriles is 1. The van der Waals surface area contributed by atoms with Gasteiger partial charge in [0, 0.05) is 18.0 Å². The van der Waals surface area contributed by atoms with Crippen LogP contribution in [0.1, 0.15) is 16.8 Å². The molecule has 5 aromatic rings. The molecular formula is C23H17N9O. The van der Waals surface area contributed by atoms with Crippen LogP contribution in [0.4, 0.5) is 5.95 Å². The van der Waals surface area contributed by atoms with Crippen molar-refractivity contribution < 1.29 is 4.74 Å². The van der Waals surface area contributed by atoms with Gasteiger partial charge in [-0.2, -0.15) is 14.8 Å². The SMILES string of the molecule is Cc1cccnc1COc1nc2c(-c3ccncn3)c(-c3ccccc3C#N)nc(N)n2n1. The molecule has 0 spiro atoms. The van der Waals surface area contributed by atoms with Crippen molar-refractivity contribution in [1.29, 1.82) is 5.26 Å². The summed E-state index contributed by atoms with van der Waals surface area (Å²) < 4.78 is 7.22. The largest absolute Gasteiger partial charge is 0.456 e. The molecule has 0 aliphatic carbocycles. The molecule has 0 saturated carbocycles. The van der Waals surface area contributed by atoms with E-state index in [1.165, 1.54) is 10.8 Å². The van der Waals surface area contributed by atoms with Gasteiger partial charge in [0.25, 0.3) is 0 Å². The molecular weight excluding hydrogens is 418 g/mol. The summed E-state index contributed by atoms with van der Waals surface area (Å²) in [5.74, 6) is 0.0990. The van der Waals surface area contributed by atoms with E-state index in [2.05, 4.69) is 36.1 Å². The summed E-state index contributed by atoms with van der Waals surface area (Å²) in [5.41, 5.74) is 11.1. The summed E-state index contributed by atoms with van der Waals surface area (Å²) in [6.07, 6.45) is 4.75. The van der Waals surface area contributed by atoms with E-state index in [9.17, 15) is 5.26 Å². The minimum absolute atomic E-state index is 0.0990. The van der Waals surface area contributed by atoms with Crippen LogP contribution >= 0.6 is 0 Å². The van der Waals surface area contributed by atoms with Crippen molar-refractivity contribution in [1.82, 2.24) is 34.5 Å². The second-order valence-corrected chi connectivity index (χ2v) is 7.13. The molecule has 33 heavy (non-hydrogen) atoms. The first kappa shape index (κ1) is 20.0. The van der Waals surface area contributed by atoms with Crippen LogP contribution in [-0.2, 0) is 6.61 Å². The first-order valence-corrected chi connectivity index (χ1v) is 10.0. The summed E-state index contributed by atoms with van der Waals surface area (Å²) in [6, 6.07) is 15.0. The third kappa shape index (κ3) is 3.68. The maximum atomic E-state index is 9.63. The number of nitrogen functional groups attached to an aromatic ring is 1. The monoisotopic (exact) mass is 435 g/mol. The van der Waals surface area contributed by atoms with Crippen LogP contribution in [0.2, 0.25) is 0 Å². The molecule has 0 unspecified atom stereocenters. The lowest BCUT2D eigenvalue weighted by Crippen LogP contribution is -2.07. The van der Waals surface area contributed by atoms with Crippen molar-refractivity contribution >= 4 is 11.6 Å². The van der Waals surface area contributed by atoms with Gasteiger partial charge < -0.3 is 10.5 Å². The molecule has 0 radical (unpaired) electrons. The molecule has 2 N–H and O–H groups in total. The lowest BCUT2D eigenvalue weighted by Gasteiger charge is -2.11. The lowest BCUT2D eigenvalue weighted by atomic mass is 10.00. The Kier molecular flexibility index (Phi) is 5.04. The van der Waals surface area contributed by atoms with Crippen molar-refractivity contribution in [3.63, 3.8) is 0 Å². The van der Waals surface area contributed by atoms with Crippen molar-refractivity contribution in [3.8, 4) is 34.6 Å². The molecule has 4 aromatic heterocycles. The Morgan fingerprint density at radius 2 is 1.94 bits per heavy atom. The number of rotatable bonds is 5. The first-order valence-electron chi connectivity index (χ1n) is 10.0. The number of pyridine rings is 1. The average Bonchev–Trinajstić information content (AvgIpc) is 3.28. The van der Waals surface area contributed by atoms with Crippen molar-refractivity contribution in [3.05, 3.63) is 78.0 Å². The van der Waals surface area contributed by atoms with Gasteiger partial charge in [0.1, 0.15) is 12.9 Å². The minimum Gasteiger partial charge on any atom is -0.456 e. The van der Waals surface area contributed by atoms with Crippen molar-refractivity contribution in [2.24, 2.45) is 0 Å². The Labute approximate surface area is 188 Å². The molecule has 10 heteroatoms. The fourth-order valence-corrected chi connectivity index (χ4v) is 3.46. The lowest BCUT2D eigenvalue weighted by molar-refractivity contribution is 0.276. The maximum Gasteiger partial charge on any atom is 0.336 e. The third-order valence-electron chi connectivity index (χ3n) is 5.09. The summed E-state index contributed by atoms with van der Waals surface area (Å²) >= 11 is 0. The van der Waals surface area contributed by atoms with Crippen LogP contribution in [0.25, 0.3) is 28.2 Å². The maximum absolute atomic E-state index is 9.63. The van der Waals surface area contributed by atoms with Gasteiger partial charge in [-0.15, -0.1) is 5.10 Å². The first-order chi connectivity index (χ1) is 16.2. The number of nitrogens with zero attached hydrogens (tertiary/aromatic N) is 8. The highest BCUT2D eigenvalue weighted by Gasteiger charge is 2.22. The molecule has 10 nitrogen and oxygen atoms in total. The van der Waals surface area contributed by atoms with E-state index in [4.69, 9.17) is 10.5 Å². The van der Waals surface area contributed by atoms with E-state index in [0.717, 1.165) is 11.3 Å². The van der Waals surface area contributed by atoms with E-state index in [0.29, 0.717) is 33.7 Å². The summed E-state index contributed by atoms with van der Waals surface area (Å²) in [6.45, 7) is 2.15. The highest BCUT2D eigenvalue weighted by molar-refractivity contribution is 5.90. The van der Waals surface area contributed by atoms with E-state index in [1.54, 1.807) is 36.7 Å². The van der Waals surface area contributed by atoms with Gasteiger partial charge in [-0.3, -0.25) is 4.98 Å². The molecule has 0 fully saturated rings. The van der Waals surface area contributed by atoms with Gasteiger partial charge in [-0.1, -0.05) is 24.3 Å². The normalized spacial score (nSPS) is 10.8. The Balaban J connectivity index is 1.69. The average molecular weight is 435 g/mol. The Bertz CT molecular complexity index is 1510. The van der Waals surface area contributed by atoms with Crippen LogP contribution in [0, 0.1) is 18.3 Å². The fourth-order valence-electron chi connectivity index (χ4n) is 3.46. The Morgan fingerprint density at radius 3 is 2.73 bits per heavy atom. The van der Waals surface area contributed by atoms with Crippen LogP contribution in [0.5, 0.6) is 6.01 Å². The molecule has 0 atom stereocenters. The summed E-state index contributed by atoms with van der Waals surface area (Å²) in [4.78, 5) is 21.8. The molecule has 1 aromatic carbocycles. The zero-order valence-electron chi connectivity index (χ0n) is 17.5. The number of anilines is 1. The van der Waals surface area contributed by atoms with Crippen molar-refractivity contribution in [2.45, 2.75) is 13.5 Å². The van der Waals surface area contributed by atoms with Gasteiger partial charge >= 0.3 is 6.01 Å². The number of fused-ring (bicyclic) bond motifs is 1. The van der Waals surface area contributed by atoms with E-state index in [-0.39, 0.29) is 18.6 Å². The molecule has 0 bridgehead atoms.